The Labute approximate surface area is 178 Å². The Kier molecular flexibility index (Phi) is 5.23. The standard InChI is InChI=1S/C24H24F3NO3/c1-3-23(4-2)12-20(19-9-8-17(24(25,26)27)11-21(19)31-23)15-6-5-7-18(10-15)28-13-16(14-28)22(29)30/h5-12,16H,3-4,13-14H2,1-2H3,(H,29,30). The van der Waals surface area contributed by atoms with Crippen molar-refractivity contribution >= 4 is 17.2 Å². The molecule has 0 atom stereocenters. The molecule has 2 aromatic rings. The molecule has 1 N–H and O–H groups in total. The molecule has 4 rings (SSSR count). The average molecular weight is 431 g/mol. The van der Waals surface area contributed by atoms with Gasteiger partial charge >= 0.3 is 12.1 Å². The van der Waals surface area contributed by atoms with Gasteiger partial charge in [-0.2, -0.15) is 13.2 Å². The second-order valence-corrected chi connectivity index (χ2v) is 8.13. The minimum Gasteiger partial charge on any atom is -0.483 e. The van der Waals surface area contributed by atoms with Gasteiger partial charge in [-0.05, 0) is 54.3 Å². The van der Waals surface area contributed by atoms with Gasteiger partial charge in [0.15, 0.2) is 0 Å². The van der Waals surface area contributed by atoms with Gasteiger partial charge in [0.25, 0.3) is 0 Å². The molecule has 0 spiro atoms. The van der Waals surface area contributed by atoms with E-state index in [2.05, 4.69) is 0 Å². The number of benzene rings is 2. The first-order valence-corrected chi connectivity index (χ1v) is 10.4. The van der Waals surface area contributed by atoms with Gasteiger partial charge in [-0.25, -0.2) is 0 Å². The third-order valence-corrected chi connectivity index (χ3v) is 6.27. The summed E-state index contributed by atoms with van der Waals surface area (Å²) in [5.74, 6) is -0.943. The fourth-order valence-corrected chi connectivity index (χ4v) is 4.15. The van der Waals surface area contributed by atoms with Crippen LogP contribution in [0.5, 0.6) is 5.75 Å². The van der Waals surface area contributed by atoms with E-state index < -0.39 is 23.3 Å². The molecule has 164 valence electrons. The molecule has 2 heterocycles. The number of nitrogens with zero attached hydrogens (tertiary/aromatic N) is 1. The Morgan fingerprint density at radius 3 is 2.48 bits per heavy atom. The van der Waals surface area contributed by atoms with E-state index in [0.29, 0.717) is 31.5 Å². The lowest BCUT2D eigenvalue weighted by atomic mass is 9.85. The maximum atomic E-state index is 13.3. The zero-order valence-electron chi connectivity index (χ0n) is 17.4. The van der Waals surface area contributed by atoms with Crippen molar-refractivity contribution in [3.05, 3.63) is 65.2 Å². The maximum absolute atomic E-state index is 13.3. The second-order valence-electron chi connectivity index (χ2n) is 8.13. The number of alkyl halides is 3. The monoisotopic (exact) mass is 431 g/mol. The summed E-state index contributed by atoms with van der Waals surface area (Å²) in [6, 6.07) is 11.3. The maximum Gasteiger partial charge on any atom is 0.416 e. The lowest BCUT2D eigenvalue weighted by Gasteiger charge is -2.39. The molecular weight excluding hydrogens is 407 g/mol. The Morgan fingerprint density at radius 1 is 1.16 bits per heavy atom. The smallest absolute Gasteiger partial charge is 0.416 e. The third kappa shape index (κ3) is 3.89. The summed E-state index contributed by atoms with van der Waals surface area (Å²) in [5.41, 5.74) is 1.79. The van der Waals surface area contributed by atoms with Crippen LogP contribution in [0.15, 0.2) is 48.5 Å². The number of halogens is 3. The molecule has 0 bridgehead atoms. The van der Waals surface area contributed by atoms with E-state index in [0.717, 1.165) is 29.0 Å². The topological polar surface area (TPSA) is 49.8 Å². The molecule has 0 amide bonds. The SMILES string of the molecule is CCC1(CC)C=C(c2cccc(N3CC(C(=O)O)C3)c2)c2ccc(C(F)(F)F)cc2O1. The van der Waals surface area contributed by atoms with Gasteiger partial charge in [0.2, 0.25) is 0 Å². The highest BCUT2D eigenvalue weighted by molar-refractivity contribution is 5.86. The highest BCUT2D eigenvalue weighted by atomic mass is 19.4. The van der Waals surface area contributed by atoms with Crippen LogP contribution in [0.25, 0.3) is 5.57 Å². The molecule has 0 unspecified atom stereocenters. The minimum atomic E-state index is -4.45. The van der Waals surface area contributed by atoms with E-state index in [4.69, 9.17) is 9.84 Å². The van der Waals surface area contributed by atoms with Crippen molar-refractivity contribution in [1.82, 2.24) is 0 Å². The Balaban J connectivity index is 1.76. The van der Waals surface area contributed by atoms with E-state index in [-0.39, 0.29) is 11.7 Å². The predicted octanol–water partition coefficient (Wildman–Crippen LogP) is 5.61. The van der Waals surface area contributed by atoms with E-state index >= 15 is 0 Å². The summed E-state index contributed by atoms with van der Waals surface area (Å²) in [7, 11) is 0. The van der Waals surface area contributed by atoms with Gasteiger partial charge < -0.3 is 14.7 Å². The number of hydrogen-bond acceptors (Lipinski definition) is 3. The molecule has 1 saturated heterocycles. The van der Waals surface area contributed by atoms with E-state index in [9.17, 15) is 18.0 Å². The lowest BCUT2D eigenvalue weighted by molar-refractivity contribution is -0.142. The molecule has 2 aromatic carbocycles. The van der Waals surface area contributed by atoms with Gasteiger partial charge in [-0.1, -0.05) is 32.0 Å². The Bertz CT molecular complexity index is 1030. The van der Waals surface area contributed by atoms with Crippen molar-refractivity contribution in [2.75, 3.05) is 18.0 Å². The molecule has 0 saturated carbocycles. The van der Waals surface area contributed by atoms with Gasteiger partial charge in [-0.3, -0.25) is 4.79 Å². The number of hydrogen-bond donors (Lipinski definition) is 1. The molecule has 7 heteroatoms. The fourth-order valence-electron chi connectivity index (χ4n) is 4.15. The zero-order chi connectivity index (χ0) is 22.4. The van der Waals surface area contributed by atoms with Crippen LogP contribution in [-0.2, 0) is 11.0 Å². The first kappa shape index (κ1) is 21.3. The van der Waals surface area contributed by atoms with Crippen molar-refractivity contribution in [2.24, 2.45) is 5.92 Å². The molecule has 4 nitrogen and oxygen atoms in total. The van der Waals surface area contributed by atoms with Crippen molar-refractivity contribution in [2.45, 2.75) is 38.5 Å². The van der Waals surface area contributed by atoms with Gasteiger partial charge in [0.05, 0.1) is 11.5 Å². The molecule has 2 aliphatic rings. The summed E-state index contributed by atoms with van der Waals surface area (Å²) >= 11 is 0. The van der Waals surface area contributed by atoms with Crippen LogP contribution in [0.2, 0.25) is 0 Å². The van der Waals surface area contributed by atoms with Crippen molar-refractivity contribution in [3.8, 4) is 5.75 Å². The summed E-state index contributed by atoms with van der Waals surface area (Å²) in [6.07, 6.45) is -1.19. The molecule has 0 aromatic heterocycles. The number of anilines is 1. The average Bonchev–Trinajstić information content (AvgIpc) is 2.70. The molecular formula is C24H24F3NO3. The number of carboxylic acid groups (broad SMARTS) is 1. The van der Waals surface area contributed by atoms with Crippen LogP contribution >= 0.6 is 0 Å². The number of rotatable bonds is 5. The predicted molar refractivity (Wildman–Crippen MR) is 112 cm³/mol. The normalized spacial score (nSPS) is 18.0. The summed E-state index contributed by atoms with van der Waals surface area (Å²) < 4.78 is 46.0. The van der Waals surface area contributed by atoms with Crippen LogP contribution in [0, 0.1) is 5.92 Å². The molecule has 2 aliphatic heterocycles. The first-order chi connectivity index (χ1) is 14.7. The van der Waals surface area contributed by atoms with E-state index in [1.807, 2.05) is 49.1 Å². The second kappa shape index (κ2) is 7.62. The minimum absolute atomic E-state index is 0.233. The first-order valence-electron chi connectivity index (χ1n) is 10.4. The highest BCUT2D eigenvalue weighted by Gasteiger charge is 2.37. The summed E-state index contributed by atoms with van der Waals surface area (Å²) in [5, 5.41) is 9.13. The van der Waals surface area contributed by atoms with Crippen molar-refractivity contribution in [1.29, 1.82) is 0 Å². The fraction of sp³-hybridized carbons (Fsp3) is 0.375. The van der Waals surface area contributed by atoms with Crippen LogP contribution in [0.3, 0.4) is 0 Å². The Hall–Kier alpha value is -2.96. The third-order valence-electron chi connectivity index (χ3n) is 6.27. The molecule has 0 radical (unpaired) electrons. The zero-order valence-corrected chi connectivity index (χ0v) is 17.4. The van der Waals surface area contributed by atoms with Crippen molar-refractivity contribution in [3.63, 3.8) is 0 Å². The van der Waals surface area contributed by atoms with Gasteiger partial charge in [0.1, 0.15) is 11.4 Å². The lowest BCUT2D eigenvalue weighted by Crippen LogP contribution is -2.50. The van der Waals surface area contributed by atoms with Crippen molar-refractivity contribution < 1.29 is 27.8 Å². The van der Waals surface area contributed by atoms with Gasteiger partial charge in [0, 0.05) is 24.3 Å². The van der Waals surface area contributed by atoms with Gasteiger partial charge in [-0.15, -0.1) is 0 Å². The number of carbonyl (C=O) groups is 1. The van der Waals surface area contributed by atoms with Crippen LogP contribution in [0.4, 0.5) is 18.9 Å². The van der Waals surface area contributed by atoms with E-state index in [1.54, 1.807) is 0 Å². The van der Waals surface area contributed by atoms with Crippen LogP contribution in [-0.4, -0.2) is 29.8 Å². The van der Waals surface area contributed by atoms with E-state index in [1.165, 1.54) is 6.07 Å². The number of aliphatic carboxylic acids is 1. The quantitative estimate of drug-likeness (QED) is 0.669. The number of carboxylic acids is 1. The highest BCUT2D eigenvalue weighted by Crippen LogP contribution is 2.45. The molecule has 31 heavy (non-hydrogen) atoms. The van der Waals surface area contributed by atoms with Crippen LogP contribution in [0.1, 0.15) is 43.4 Å². The number of ether oxygens (including phenoxy) is 1. The molecule has 0 aliphatic carbocycles. The summed E-state index contributed by atoms with van der Waals surface area (Å²) in [4.78, 5) is 13.1. The molecule has 1 fully saturated rings. The van der Waals surface area contributed by atoms with Crippen LogP contribution < -0.4 is 9.64 Å². The number of fused-ring (bicyclic) bond motifs is 1. The Morgan fingerprint density at radius 2 is 1.87 bits per heavy atom. The largest absolute Gasteiger partial charge is 0.483 e. The summed E-state index contributed by atoms with van der Waals surface area (Å²) in [6.45, 7) is 4.80.